The summed E-state index contributed by atoms with van der Waals surface area (Å²) < 4.78 is 0. The normalized spacial score (nSPS) is 10.8. The Morgan fingerprint density at radius 3 is 1.58 bits per heavy atom. The molecule has 0 heterocycles. The minimum atomic E-state index is 0.226. The SMILES string of the molecule is Cc1cc(C)c(Nc2cc(-c3ccccc3)c(-c3ccccc3)cc2Nc2cccc(O)c2)c(C)c1. The third kappa shape index (κ3) is 4.96. The number of hydrogen-bond donors (Lipinski definition) is 3. The van der Waals surface area contributed by atoms with Crippen molar-refractivity contribution in [3.63, 3.8) is 0 Å². The molecule has 3 nitrogen and oxygen atoms in total. The van der Waals surface area contributed by atoms with E-state index < -0.39 is 0 Å². The van der Waals surface area contributed by atoms with Crippen molar-refractivity contribution < 1.29 is 5.11 Å². The fraction of sp³-hybridized carbons (Fsp3) is 0.0909. The van der Waals surface area contributed by atoms with Crippen LogP contribution in [0.3, 0.4) is 0 Å². The van der Waals surface area contributed by atoms with Gasteiger partial charge >= 0.3 is 0 Å². The summed E-state index contributed by atoms with van der Waals surface area (Å²) in [6.45, 7) is 6.41. The molecule has 0 saturated heterocycles. The third-order valence-electron chi connectivity index (χ3n) is 6.39. The fourth-order valence-electron chi connectivity index (χ4n) is 4.77. The maximum absolute atomic E-state index is 10.1. The Morgan fingerprint density at radius 2 is 1.06 bits per heavy atom. The van der Waals surface area contributed by atoms with Gasteiger partial charge in [0.1, 0.15) is 5.75 Å². The lowest BCUT2D eigenvalue weighted by Gasteiger charge is -2.21. The minimum absolute atomic E-state index is 0.226. The van der Waals surface area contributed by atoms with E-state index in [9.17, 15) is 5.11 Å². The zero-order valence-corrected chi connectivity index (χ0v) is 20.8. The Bertz CT molecular complexity index is 1490. The van der Waals surface area contributed by atoms with Gasteiger partial charge < -0.3 is 15.7 Å². The number of aryl methyl sites for hydroxylation is 3. The predicted molar refractivity (Wildman–Crippen MR) is 153 cm³/mol. The van der Waals surface area contributed by atoms with E-state index in [0.717, 1.165) is 45.0 Å². The van der Waals surface area contributed by atoms with Crippen LogP contribution >= 0.6 is 0 Å². The quantitative estimate of drug-likeness (QED) is 0.232. The van der Waals surface area contributed by atoms with Gasteiger partial charge in [-0.05, 0) is 78.4 Å². The summed E-state index contributed by atoms with van der Waals surface area (Å²) in [6, 6.07) is 37.0. The molecule has 0 bridgehead atoms. The highest BCUT2D eigenvalue weighted by Crippen LogP contribution is 2.41. The molecule has 0 aliphatic heterocycles. The number of aromatic hydroxyl groups is 1. The van der Waals surface area contributed by atoms with Crippen LogP contribution in [0.1, 0.15) is 16.7 Å². The summed E-state index contributed by atoms with van der Waals surface area (Å²) in [6.07, 6.45) is 0. The number of hydrogen-bond acceptors (Lipinski definition) is 3. The highest BCUT2D eigenvalue weighted by molar-refractivity contribution is 5.93. The number of phenolic OH excluding ortho intramolecular Hbond substituents is 1. The van der Waals surface area contributed by atoms with E-state index in [2.05, 4.69) is 104 Å². The van der Waals surface area contributed by atoms with Gasteiger partial charge in [0.05, 0.1) is 11.4 Å². The van der Waals surface area contributed by atoms with Crippen LogP contribution in [0.2, 0.25) is 0 Å². The van der Waals surface area contributed by atoms with E-state index in [1.807, 2.05) is 24.3 Å². The number of anilines is 4. The first kappa shape index (κ1) is 23.3. The van der Waals surface area contributed by atoms with Gasteiger partial charge in [0, 0.05) is 17.4 Å². The summed E-state index contributed by atoms with van der Waals surface area (Å²) >= 11 is 0. The molecule has 3 heteroatoms. The highest BCUT2D eigenvalue weighted by atomic mass is 16.3. The molecule has 5 aromatic carbocycles. The van der Waals surface area contributed by atoms with E-state index in [4.69, 9.17) is 0 Å². The molecule has 36 heavy (non-hydrogen) atoms. The molecular weight excluding hydrogens is 440 g/mol. The monoisotopic (exact) mass is 470 g/mol. The molecule has 0 aliphatic rings. The van der Waals surface area contributed by atoms with Crippen LogP contribution < -0.4 is 10.6 Å². The molecule has 0 amide bonds. The second-order valence-electron chi connectivity index (χ2n) is 9.25. The van der Waals surface area contributed by atoms with Gasteiger partial charge in [0.25, 0.3) is 0 Å². The van der Waals surface area contributed by atoms with Crippen molar-refractivity contribution in [3.8, 4) is 28.0 Å². The van der Waals surface area contributed by atoms with Gasteiger partial charge in [-0.2, -0.15) is 0 Å². The lowest BCUT2D eigenvalue weighted by molar-refractivity contribution is 0.475. The summed E-state index contributed by atoms with van der Waals surface area (Å²) in [5, 5.41) is 17.3. The lowest BCUT2D eigenvalue weighted by atomic mass is 9.93. The average molecular weight is 471 g/mol. The number of phenols is 1. The molecule has 0 saturated carbocycles. The summed E-state index contributed by atoms with van der Waals surface area (Å²) in [4.78, 5) is 0. The van der Waals surface area contributed by atoms with Crippen molar-refractivity contribution in [2.45, 2.75) is 20.8 Å². The van der Waals surface area contributed by atoms with Crippen molar-refractivity contribution in [2.24, 2.45) is 0 Å². The van der Waals surface area contributed by atoms with Gasteiger partial charge in [-0.3, -0.25) is 0 Å². The van der Waals surface area contributed by atoms with Crippen molar-refractivity contribution in [3.05, 3.63) is 126 Å². The summed E-state index contributed by atoms with van der Waals surface area (Å²) in [5.41, 5.74) is 12.0. The van der Waals surface area contributed by atoms with Crippen molar-refractivity contribution >= 4 is 22.7 Å². The molecule has 0 unspecified atom stereocenters. The summed E-state index contributed by atoms with van der Waals surface area (Å²) in [7, 11) is 0. The molecule has 0 aliphatic carbocycles. The maximum Gasteiger partial charge on any atom is 0.117 e. The molecule has 5 aromatic rings. The van der Waals surface area contributed by atoms with E-state index in [1.54, 1.807) is 12.1 Å². The van der Waals surface area contributed by atoms with Crippen LogP contribution in [0, 0.1) is 20.8 Å². The zero-order valence-electron chi connectivity index (χ0n) is 20.8. The number of benzene rings is 5. The van der Waals surface area contributed by atoms with Crippen molar-refractivity contribution in [2.75, 3.05) is 10.6 Å². The van der Waals surface area contributed by atoms with Crippen LogP contribution in [0.5, 0.6) is 5.75 Å². The Hall–Kier alpha value is -4.50. The average Bonchev–Trinajstić information content (AvgIpc) is 2.87. The standard InChI is InChI=1S/C33H30N2O/c1-22-17-23(2)33(24(3)18-22)35-32-21-30(26-13-8-5-9-14-26)29(25-11-6-4-7-12-25)20-31(32)34-27-15-10-16-28(36)19-27/h4-21,34-36H,1-3H3. The van der Waals surface area contributed by atoms with Crippen LogP contribution in [0.15, 0.2) is 109 Å². The maximum atomic E-state index is 10.1. The van der Waals surface area contributed by atoms with Gasteiger partial charge in [-0.15, -0.1) is 0 Å². The van der Waals surface area contributed by atoms with E-state index in [0.29, 0.717) is 0 Å². The Kier molecular flexibility index (Phi) is 6.46. The fourth-order valence-corrected chi connectivity index (χ4v) is 4.77. The smallest absolute Gasteiger partial charge is 0.117 e. The first-order valence-corrected chi connectivity index (χ1v) is 12.2. The van der Waals surface area contributed by atoms with E-state index >= 15 is 0 Å². The van der Waals surface area contributed by atoms with Crippen molar-refractivity contribution in [1.29, 1.82) is 0 Å². The molecule has 5 rings (SSSR count). The molecule has 178 valence electrons. The van der Waals surface area contributed by atoms with Gasteiger partial charge in [0.15, 0.2) is 0 Å². The van der Waals surface area contributed by atoms with Crippen LogP contribution in [-0.4, -0.2) is 5.11 Å². The zero-order chi connectivity index (χ0) is 25.1. The lowest BCUT2D eigenvalue weighted by Crippen LogP contribution is -2.02. The van der Waals surface area contributed by atoms with E-state index in [-0.39, 0.29) is 5.75 Å². The first-order valence-electron chi connectivity index (χ1n) is 12.2. The molecule has 0 aromatic heterocycles. The third-order valence-corrected chi connectivity index (χ3v) is 6.39. The topological polar surface area (TPSA) is 44.3 Å². The number of nitrogens with one attached hydrogen (secondary N) is 2. The first-order chi connectivity index (χ1) is 17.5. The second-order valence-corrected chi connectivity index (χ2v) is 9.25. The summed E-state index contributed by atoms with van der Waals surface area (Å²) in [5.74, 6) is 0.226. The van der Waals surface area contributed by atoms with E-state index in [1.165, 1.54) is 16.7 Å². The Labute approximate surface area is 213 Å². The molecular formula is C33H30N2O. The van der Waals surface area contributed by atoms with Gasteiger partial charge in [-0.1, -0.05) is 84.4 Å². The highest BCUT2D eigenvalue weighted by Gasteiger charge is 2.15. The molecule has 0 fully saturated rings. The molecule has 0 spiro atoms. The Balaban J connectivity index is 1.72. The Morgan fingerprint density at radius 1 is 0.528 bits per heavy atom. The predicted octanol–water partition coefficient (Wildman–Crippen LogP) is 9.14. The molecule has 0 radical (unpaired) electrons. The van der Waals surface area contributed by atoms with Crippen molar-refractivity contribution in [1.82, 2.24) is 0 Å². The largest absolute Gasteiger partial charge is 0.508 e. The van der Waals surface area contributed by atoms with Crippen LogP contribution in [-0.2, 0) is 0 Å². The number of rotatable bonds is 6. The van der Waals surface area contributed by atoms with Gasteiger partial charge in [-0.25, -0.2) is 0 Å². The van der Waals surface area contributed by atoms with Gasteiger partial charge in [0.2, 0.25) is 0 Å². The van der Waals surface area contributed by atoms with Crippen LogP contribution in [0.25, 0.3) is 22.3 Å². The second kappa shape index (κ2) is 10.0. The minimum Gasteiger partial charge on any atom is -0.508 e. The van der Waals surface area contributed by atoms with Crippen LogP contribution in [0.4, 0.5) is 22.7 Å². The molecule has 0 atom stereocenters. The molecule has 3 N–H and O–H groups in total.